The molecule has 0 N–H and O–H groups in total. The topological polar surface area (TPSA) is 34.1 Å². The van der Waals surface area contributed by atoms with Crippen molar-refractivity contribution in [1.29, 1.82) is 0 Å². The Morgan fingerprint density at radius 1 is 0.692 bits per heavy atom. The molecule has 0 bridgehead atoms. The third-order valence-electron chi connectivity index (χ3n) is 4.32. The first kappa shape index (κ1) is 17.6. The lowest BCUT2D eigenvalue weighted by atomic mass is 9.97. The normalized spacial score (nSPS) is 10.3. The predicted molar refractivity (Wildman–Crippen MR) is 105 cm³/mol. The second-order valence-corrected chi connectivity index (χ2v) is 6.29. The fourth-order valence-electron chi connectivity index (χ4n) is 2.77. The summed E-state index contributed by atoms with van der Waals surface area (Å²) in [6.45, 7) is 5.70. The van der Waals surface area contributed by atoms with Gasteiger partial charge in [-0.05, 0) is 18.9 Å². The molecule has 0 saturated heterocycles. The first-order valence-electron chi connectivity index (χ1n) is 8.54. The van der Waals surface area contributed by atoms with E-state index in [1.54, 1.807) is 24.3 Å². The zero-order chi connectivity index (χ0) is 18.5. The lowest BCUT2D eigenvalue weighted by Crippen LogP contribution is -2.04. The molecular formula is C24H20O2. The summed E-state index contributed by atoms with van der Waals surface area (Å²) in [6.07, 6.45) is 2.62. The Bertz CT molecular complexity index is 931. The van der Waals surface area contributed by atoms with E-state index in [1.165, 1.54) is 0 Å². The standard InChI is InChI=1S/C24H20O2/c1-3-4-18-7-11-20(12-8-18)24(26)22-15-13-21(14-16-22)23(25)19-9-5-17(2)6-10-19/h3,5-16H,1,4H2,2H3. The minimum atomic E-state index is -0.0514. The number of ketones is 2. The van der Waals surface area contributed by atoms with Crippen molar-refractivity contribution in [3.63, 3.8) is 0 Å². The van der Waals surface area contributed by atoms with Gasteiger partial charge in [0.05, 0.1) is 0 Å². The van der Waals surface area contributed by atoms with Crippen molar-refractivity contribution in [1.82, 2.24) is 0 Å². The zero-order valence-corrected chi connectivity index (χ0v) is 14.7. The van der Waals surface area contributed by atoms with E-state index < -0.39 is 0 Å². The fraction of sp³-hybridized carbons (Fsp3) is 0.0833. The maximum Gasteiger partial charge on any atom is 0.193 e. The molecule has 3 aromatic carbocycles. The van der Waals surface area contributed by atoms with Crippen LogP contribution in [0.3, 0.4) is 0 Å². The van der Waals surface area contributed by atoms with E-state index in [0.29, 0.717) is 22.3 Å². The Hall–Kier alpha value is -3.26. The summed E-state index contributed by atoms with van der Waals surface area (Å²) in [5.74, 6) is -0.0951. The third-order valence-corrected chi connectivity index (χ3v) is 4.32. The summed E-state index contributed by atoms with van der Waals surface area (Å²) in [7, 11) is 0. The van der Waals surface area contributed by atoms with Crippen LogP contribution < -0.4 is 0 Å². The molecule has 0 unspecified atom stereocenters. The molecule has 0 aromatic heterocycles. The van der Waals surface area contributed by atoms with Crippen LogP contribution in [0.25, 0.3) is 0 Å². The number of aryl methyl sites for hydroxylation is 1. The Balaban J connectivity index is 1.78. The van der Waals surface area contributed by atoms with Crippen molar-refractivity contribution in [2.45, 2.75) is 13.3 Å². The summed E-state index contributed by atoms with van der Waals surface area (Å²) < 4.78 is 0. The lowest BCUT2D eigenvalue weighted by molar-refractivity contribution is 0.102. The summed E-state index contributed by atoms with van der Waals surface area (Å²) in [5, 5.41) is 0. The van der Waals surface area contributed by atoms with Crippen LogP contribution in [0.5, 0.6) is 0 Å². The first-order valence-corrected chi connectivity index (χ1v) is 8.54. The number of rotatable bonds is 6. The largest absolute Gasteiger partial charge is 0.289 e. The highest BCUT2D eigenvalue weighted by Crippen LogP contribution is 2.15. The highest BCUT2D eigenvalue weighted by molar-refractivity contribution is 6.11. The first-order chi connectivity index (χ1) is 12.6. The molecule has 0 atom stereocenters. The van der Waals surface area contributed by atoms with Crippen molar-refractivity contribution in [2.24, 2.45) is 0 Å². The van der Waals surface area contributed by atoms with Gasteiger partial charge >= 0.3 is 0 Å². The average Bonchev–Trinajstić information content (AvgIpc) is 2.68. The molecular weight excluding hydrogens is 320 g/mol. The Morgan fingerprint density at radius 2 is 1.04 bits per heavy atom. The van der Waals surface area contributed by atoms with Crippen molar-refractivity contribution < 1.29 is 9.59 Å². The van der Waals surface area contributed by atoms with Crippen LogP contribution in [0, 0.1) is 6.92 Å². The summed E-state index contributed by atoms with van der Waals surface area (Å²) in [5.41, 5.74) is 4.66. The van der Waals surface area contributed by atoms with Gasteiger partial charge in [0.1, 0.15) is 0 Å². The molecule has 2 nitrogen and oxygen atoms in total. The maximum absolute atomic E-state index is 12.6. The van der Waals surface area contributed by atoms with Crippen LogP contribution >= 0.6 is 0 Å². The quantitative estimate of drug-likeness (QED) is 0.457. The van der Waals surface area contributed by atoms with Crippen LogP contribution in [-0.2, 0) is 6.42 Å². The van der Waals surface area contributed by atoms with E-state index in [2.05, 4.69) is 6.58 Å². The van der Waals surface area contributed by atoms with Gasteiger partial charge in [-0.3, -0.25) is 9.59 Å². The Labute approximate surface area is 153 Å². The second-order valence-electron chi connectivity index (χ2n) is 6.29. The monoisotopic (exact) mass is 340 g/mol. The molecule has 26 heavy (non-hydrogen) atoms. The molecule has 0 amide bonds. The second kappa shape index (κ2) is 7.75. The van der Waals surface area contributed by atoms with Crippen LogP contribution in [0.15, 0.2) is 85.5 Å². The predicted octanol–water partition coefficient (Wildman–Crippen LogP) is 5.19. The van der Waals surface area contributed by atoms with Gasteiger partial charge in [0.15, 0.2) is 11.6 Å². The summed E-state index contributed by atoms with van der Waals surface area (Å²) >= 11 is 0. The number of allylic oxidation sites excluding steroid dienone is 1. The van der Waals surface area contributed by atoms with E-state index in [9.17, 15) is 9.59 Å². The molecule has 3 aromatic rings. The van der Waals surface area contributed by atoms with Crippen molar-refractivity contribution >= 4 is 11.6 Å². The van der Waals surface area contributed by atoms with Crippen LogP contribution in [0.2, 0.25) is 0 Å². The lowest BCUT2D eigenvalue weighted by Gasteiger charge is -2.05. The minimum Gasteiger partial charge on any atom is -0.289 e. The SMILES string of the molecule is C=CCc1ccc(C(=O)c2ccc(C(=O)c3ccc(C)cc3)cc2)cc1. The average molecular weight is 340 g/mol. The summed E-state index contributed by atoms with van der Waals surface area (Å²) in [6, 6.07) is 21.8. The van der Waals surface area contributed by atoms with Crippen LogP contribution in [0.1, 0.15) is 43.0 Å². The molecule has 0 aliphatic rings. The highest BCUT2D eigenvalue weighted by Gasteiger charge is 2.12. The van der Waals surface area contributed by atoms with Crippen molar-refractivity contribution in [3.05, 3.63) is 119 Å². The molecule has 0 aliphatic carbocycles. The van der Waals surface area contributed by atoms with Crippen molar-refractivity contribution in [2.75, 3.05) is 0 Å². The van der Waals surface area contributed by atoms with Crippen LogP contribution in [0.4, 0.5) is 0 Å². The van der Waals surface area contributed by atoms with Crippen molar-refractivity contribution in [3.8, 4) is 0 Å². The maximum atomic E-state index is 12.6. The number of hydrogen-bond acceptors (Lipinski definition) is 2. The molecule has 0 fully saturated rings. The molecule has 128 valence electrons. The molecule has 0 radical (unpaired) electrons. The number of carbonyl (C=O) groups is 2. The highest BCUT2D eigenvalue weighted by atomic mass is 16.1. The van der Waals surface area contributed by atoms with E-state index >= 15 is 0 Å². The van der Waals surface area contributed by atoms with Gasteiger partial charge in [-0.15, -0.1) is 6.58 Å². The van der Waals surface area contributed by atoms with E-state index in [0.717, 1.165) is 17.5 Å². The number of carbonyl (C=O) groups excluding carboxylic acids is 2. The third kappa shape index (κ3) is 3.86. The van der Waals surface area contributed by atoms with Gasteiger partial charge in [-0.1, -0.05) is 84.4 Å². The molecule has 0 saturated carbocycles. The molecule has 0 aliphatic heterocycles. The number of hydrogen-bond donors (Lipinski definition) is 0. The van der Waals surface area contributed by atoms with E-state index in [1.807, 2.05) is 61.5 Å². The number of benzene rings is 3. The Morgan fingerprint density at radius 3 is 1.42 bits per heavy atom. The van der Waals surface area contributed by atoms with E-state index in [-0.39, 0.29) is 11.6 Å². The molecule has 2 heteroatoms. The van der Waals surface area contributed by atoms with Gasteiger partial charge in [-0.25, -0.2) is 0 Å². The molecule has 0 heterocycles. The minimum absolute atomic E-state index is 0.0437. The molecule has 0 spiro atoms. The Kier molecular flexibility index (Phi) is 5.23. The fourth-order valence-corrected chi connectivity index (χ4v) is 2.77. The van der Waals surface area contributed by atoms with Gasteiger partial charge < -0.3 is 0 Å². The van der Waals surface area contributed by atoms with Gasteiger partial charge in [0, 0.05) is 22.3 Å². The molecule has 3 rings (SSSR count). The van der Waals surface area contributed by atoms with Crippen LogP contribution in [-0.4, -0.2) is 11.6 Å². The zero-order valence-electron chi connectivity index (χ0n) is 14.7. The smallest absolute Gasteiger partial charge is 0.193 e. The summed E-state index contributed by atoms with van der Waals surface area (Å²) in [4.78, 5) is 25.1. The van der Waals surface area contributed by atoms with Gasteiger partial charge in [0.2, 0.25) is 0 Å². The van der Waals surface area contributed by atoms with Gasteiger partial charge in [-0.2, -0.15) is 0 Å². The van der Waals surface area contributed by atoms with Gasteiger partial charge in [0.25, 0.3) is 0 Å². The van der Waals surface area contributed by atoms with E-state index in [4.69, 9.17) is 0 Å².